The quantitative estimate of drug-likeness (QED) is 0.492. The topological polar surface area (TPSA) is 59.0 Å². The van der Waals surface area contributed by atoms with E-state index in [1.807, 2.05) is 24.3 Å². The minimum absolute atomic E-state index is 0.0131. The zero-order valence-corrected chi connectivity index (χ0v) is 15.9. The summed E-state index contributed by atoms with van der Waals surface area (Å²) in [4.78, 5) is 13.6. The van der Waals surface area contributed by atoms with Crippen LogP contribution in [0.25, 0.3) is 0 Å². The first-order chi connectivity index (χ1) is 10.9. The second-order valence-corrected chi connectivity index (χ2v) is 7.46. The number of hydrogen-bond acceptors (Lipinski definition) is 3. The van der Waals surface area contributed by atoms with Gasteiger partial charge in [0.15, 0.2) is 5.72 Å². The maximum Gasteiger partial charge on any atom is 0.410 e. The van der Waals surface area contributed by atoms with Crippen LogP contribution in [0.15, 0.2) is 24.3 Å². The minimum atomic E-state index is -1.02. The van der Waals surface area contributed by atoms with Crippen LogP contribution in [0.3, 0.4) is 0 Å². The summed E-state index contributed by atoms with van der Waals surface area (Å²) in [7, 11) is 1.55. The molecule has 1 aliphatic rings. The molecule has 0 unspecified atom stereocenters. The molecule has 1 N–H and O–H groups in total. The molecule has 128 valence electrons. The number of benzene rings is 1. The van der Waals surface area contributed by atoms with Gasteiger partial charge in [-0.25, -0.2) is 4.79 Å². The first-order valence-electron chi connectivity index (χ1n) is 7.82. The van der Waals surface area contributed by atoms with Gasteiger partial charge in [0.05, 0.1) is 0 Å². The van der Waals surface area contributed by atoms with Crippen molar-refractivity contribution >= 4 is 28.7 Å². The Morgan fingerprint density at radius 3 is 2.57 bits per heavy atom. The maximum absolute atomic E-state index is 12.1. The van der Waals surface area contributed by atoms with Crippen LogP contribution < -0.4 is 0 Å². The summed E-state index contributed by atoms with van der Waals surface area (Å²) >= 11 is 2.24. The van der Waals surface area contributed by atoms with E-state index in [0.29, 0.717) is 6.42 Å². The minimum Gasteiger partial charge on any atom is -0.465 e. The van der Waals surface area contributed by atoms with Gasteiger partial charge < -0.3 is 14.6 Å². The summed E-state index contributed by atoms with van der Waals surface area (Å²) in [5.74, 6) is 0.267. The molecule has 1 saturated carbocycles. The van der Waals surface area contributed by atoms with E-state index in [2.05, 4.69) is 36.4 Å². The number of carbonyl (C=O) groups is 1. The summed E-state index contributed by atoms with van der Waals surface area (Å²) < 4.78 is 12.2. The highest BCUT2D eigenvalue weighted by molar-refractivity contribution is 14.1. The van der Waals surface area contributed by atoms with Gasteiger partial charge >= 0.3 is 6.09 Å². The number of halogens is 1. The van der Waals surface area contributed by atoms with Crippen LogP contribution in [-0.2, 0) is 15.2 Å². The van der Waals surface area contributed by atoms with Crippen LogP contribution in [0, 0.1) is 9.49 Å². The average molecular weight is 433 g/mol. The molecule has 1 aliphatic carbocycles. The van der Waals surface area contributed by atoms with E-state index < -0.39 is 11.8 Å². The van der Waals surface area contributed by atoms with Crippen molar-refractivity contribution in [1.82, 2.24) is 4.90 Å². The van der Waals surface area contributed by atoms with Crippen molar-refractivity contribution < 1.29 is 19.4 Å². The monoisotopic (exact) mass is 433 g/mol. The van der Waals surface area contributed by atoms with Crippen molar-refractivity contribution in [2.45, 2.75) is 44.9 Å². The molecule has 0 bridgehead atoms. The van der Waals surface area contributed by atoms with E-state index >= 15 is 0 Å². The first-order valence-corrected chi connectivity index (χ1v) is 8.90. The van der Waals surface area contributed by atoms with E-state index in [9.17, 15) is 9.90 Å². The van der Waals surface area contributed by atoms with Crippen molar-refractivity contribution in [2.24, 2.45) is 5.92 Å². The molecule has 0 aromatic heterocycles. The average Bonchev–Trinajstić information content (AvgIpc) is 3.29. The fourth-order valence-electron chi connectivity index (χ4n) is 2.97. The SMILES string of the molecule is COCO[C@](CC(C)C)(c1ccccc1I)N(C(=O)O)C1CC1. The number of amides is 1. The van der Waals surface area contributed by atoms with Gasteiger partial charge in [-0.05, 0) is 47.4 Å². The molecular weight excluding hydrogens is 409 g/mol. The third-order valence-electron chi connectivity index (χ3n) is 3.90. The summed E-state index contributed by atoms with van der Waals surface area (Å²) in [5, 5.41) is 9.89. The predicted molar refractivity (Wildman–Crippen MR) is 96.1 cm³/mol. The molecule has 1 aromatic carbocycles. The lowest BCUT2D eigenvalue weighted by Crippen LogP contribution is -2.53. The molecule has 1 aromatic rings. The summed E-state index contributed by atoms with van der Waals surface area (Å²) in [6, 6.07) is 7.82. The lowest BCUT2D eigenvalue weighted by Gasteiger charge is -2.44. The summed E-state index contributed by atoms with van der Waals surface area (Å²) in [5.41, 5.74) is -0.129. The number of methoxy groups -OCH3 is 1. The van der Waals surface area contributed by atoms with Crippen LogP contribution in [0.1, 0.15) is 38.7 Å². The molecular formula is C17H24INO4. The van der Waals surface area contributed by atoms with Crippen LogP contribution in [0.2, 0.25) is 0 Å². The highest BCUT2D eigenvalue weighted by atomic mass is 127. The second-order valence-electron chi connectivity index (χ2n) is 6.30. The zero-order valence-electron chi connectivity index (χ0n) is 13.8. The van der Waals surface area contributed by atoms with Crippen LogP contribution >= 0.6 is 22.6 Å². The van der Waals surface area contributed by atoms with Gasteiger partial charge in [-0.1, -0.05) is 32.0 Å². The second kappa shape index (κ2) is 7.81. The molecule has 1 fully saturated rings. The Morgan fingerprint density at radius 2 is 2.09 bits per heavy atom. The van der Waals surface area contributed by atoms with E-state index in [1.54, 1.807) is 7.11 Å². The van der Waals surface area contributed by atoms with Gasteiger partial charge in [-0.15, -0.1) is 0 Å². The van der Waals surface area contributed by atoms with Crippen molar-refractivity contribution in [1.29, 1.82) is 0 Å². The van der Waals surface area contributed by atoms with E-state index in [1.165, 1.54) is 4.90 Å². The van der Waals surface area contributed by atoms with Gasteiger partial charge in [-0.3, -0.25) is 4.90 Å². The maximum atomic E-state index is 12.1. The predicted octanol–water partition coefficient (Wildman–Crippen LogP) is 4.25. The van der Waals surface area contributed by atoms with Crippen LogP contribution in [-0.4, -0.2) is 36.0 Å². The molecule has 0 spiro atoms. The van der Waals surface area contributed by atoms with Crippen molar-refractivity contribution in [2.75, 3.05) is 13.9 Å². The Balaban J connectivity index is 2.57. The van der Waals surface area contributed by atoms with Gasteiger partial charge in [-0.2, -0.15) is 0 Å². The zero-order chi connectivity index (χ0) is 17.0. The number of carboxylic acid groups (broad SMARTS) is 1. The highest BCUT2D eigenvalue weighted by Crippen LogP contribution is 2.44. The van der Waals surface area contributed by atoms with Gasteiger partial charge in [0.2, 0.25) is 0 Å². The number of ether oxygens (including phenoxy) is 2. The molecule has 2 rings (SSSR count). The summed E-state index contributed by atoms with van der Waals surface area (Å²) in [6.07, 6.45) is 1.40. The fraction of sp³-hybridized carbons (Fsp3) is 0.588. The van der Waals surface area contributed by atoms with Gasteiger partial charge in [0.25, 0.3) is 0 Å². The number of rotatable bonds is 8. The third kappa shape index (κ3) is 4.16. The largest absolute Gasteiger partial charge is 0.465 e. The third-order valence-corrected chi connectivity index (χ3v) is 4.84. The van der Waals surface area contributed by atoms with E-state index in [4.69, 9.17) is 9.47 Å². The fourth-order valence-corrected chi connectivity index (χ4v) is 3.78. The van der Waals surface area contributed by atoms with Crippen molar-refractivity contribution in [3.63, 3.8) is 0 Å². The van der Waals surface area contributed by atoms with Crippen molar-refractivity contribution in [3.8, 4) is 0 Å². The normalized spacial score (nSPS) is 17.1. The van der Waals surface area contributed by atoms with Crippen LogP contribution in [0.5, 0.6) is 0 Å². The Bertz CT molecular complexity index is 547. The lowest BCUT2D eigenvalue weighted by atomic mass is 9.91. The van der Waals surface area contributed by atoms with Gasteiger partial charge in [0.1, 0.15) is 6.79 Å². The first kappa shape index (κ1) is 18.5. The molecule has 0 radical (unpaired) electrons. The molecule has 1 amide bonds. The lowest BCUT2D eigenvalue weighted by molar-refractivity contribution is -0.211. The molecule has 23 heavy (non-hydrogen) atoms. The van der Waals surface area contributed by atoms with E-state index in [-0.39, 0.29) is 18.8 Å². The highest BCUT2D eigenvalue weighted by Gasteiger charge is 2.50. The smallest absolute Gasteiger partial charge is 0.410 e. The Hall–Kier alpha value is -0.860. The summed E-state index contributed by atoms with van der Waals surface area (Å²) in [6.45, 7) is 4.20. The molecule has 6 heteroatoms. The Kier molecular flexibility index (Phi) is 6.27. The molecule has 1 atom stereocenters. The standard InChI is InChI=1S/C17H24INO4/c1-12(2)10-17(23-11-22-3,14-6-4-5-7-15(14)18)19(16(20)21)13-8-9-13/h4-7,12-13H,8-11H2,1-3H3,(H,20,21)/t17-/m1/s1. The molecule has 0 heterocycles. The Morgan fingerprint density at radius 1 is 1.43 bits per heavy atom. The molecule has 0 saturated heterocycles. The van der Waals surface area contributed by atoms with Crippen molar-refractivity contribution in [3.05, 3.63) is 33.4 Å². The van der Waals surface area contributed by atoms with Crippen LogP contribution in [0.4, 0.5) is 4.79 Å². The molecule has 0 aliphatic heterocycles. The Labute approximate surface area is 151 Å². The number of hydrogen-bond donors (Lipinski definition) is 1. The van der Waals surface area contributed by atoms with Gasteiger partial charge in [0, 0.05) is 28.7 Å². The number of nitrogens with zero attached hydrogens (tertiary/aromatic N) is 1. The van der Waals surface area contributed by atoms with E-state index in [0.717, 1.165) is 22.0 Å². The molecule has 5 nitrogen and oxygen atoms in total.